The molecule has 5 heteroatoms. The van der Waals surface area contributed by atoms with Crippen molar-refractivity contribution in [3.05, 3.63) is 41.5 Å². The van der Waals surface area contributed by atoms with Crippen LogP contribution in [0, 0.1) is 0 Å². The molecular formula is C20H27NaO3S. The molecule has 25 heavy (non-hydrogen) atoms. The van der Waals surface area contributed by atoms with Gasteiger partial charge in [0.25, 0.3) is 0 Å². The van der Waals surface area contributed by atoms with Crippen molar-refractivity contribution in [2.45, 2.75) is 70.1 Å². The first kappa shape index (κ1) is 22.7. The number of benzene rings is 2. The van der Waals surface area contributed by atoms with Crippen molar-refractivity contribution < 1.29 is 42.5 Å². The quantitative estimate of drug-likeness (QED) is 0.386. The number of aryl methyl sites for hydroxylation is 2. The minimum atomic E-state index is -4.43. The molecule has 0 radical (unpaired) electrons. The Morgan fingerprint density at radius 3 is 2.12 bits per heavy atom. The van der Waals surface area contributed by atoms with Gasteiger partial charge in [-0.3, -0.25) is 0 Å². The van der Waals surface area contributed by atoms with Gasteiger partial charge in [0.1, 0.15) is 10.1 Å². The summed E-state index contributed by atoms with van der Waals surface area (Å²) in [6.45, 7) is 4.31. The van der Waals surface area contributed by atoms with E-state index in [2.05, 4.69) is 26.0 Å². The predicted octanol–water partition coefficient (Wildman–Crippen LogP) is 2.21. The van der Waals surface area contributed by atoms with E-state index in [0.717, 1.165) is 54.9 Å². The molecule has 0 aliphatic carbocycles. The van der Waals surface area contributed by atoms with E-state index in [1.165, 1.54) is 24.5 Å². The molecule has 2 aromatic carbocycles. The van der Waals surface area contributed by atoms with Gasteiger partial charge in [0.05, 0.1) is 4.90 Å². The predicted molar refractivity (Wildman–Crippen MR) is 98.4 cm³/mol. The molecule has 0 saturated carbocycles. The zero-order chi connectivity index (χ0) is 17.6. The molecule has 2 rings (SSSR count). The van der Waals surface area contributed by atoms with Crippen LogP contribution in [0.1, 0.15) is 63.5 Å². The van der Waals surface area contributed by atoms with Gasteiger partial charge < -0.3 is 4.55 Å². The smallest absolute Gasteiger partial charge is 0.744 e. The van der Waals surface area contributed by atoms with Crippen molar-refractivity contribution in [2.24, 2.45) is 0 Å². The first-order valence-electron chi connectivity index (χ1n) is 8.97. The van der Waals surface area contributed by atoms with Crippen LogP contribution in [-0.4, -0.2) is 13.0 Å². The van der Waals surface area contributed by atoms with E-state index in [1.54, 1.807) is 6.07 Å². The molecule has 0 amide bonds. The van der Waals surface area contributed by atoms with Gasteiger partial charge in [-0.2, -0.15) is 0 Å². The summed E-state index contributed by atoms with van der Waals surface area (Å²) in [6.07, 6.45) is 8.51. The van der Waals surface area contributed by atoms with Crippen LogP contribution in [0.25, 0.3) is 10.8 Å². The number of unbranched alkanes of at least 4 members (excludes halogenated alkanes) is 4. The molecule has 0 N–H and O–H groups in total. The van der Waals surface area contributed by atoms with Gasteiger partial charge in [-0.1, -0.05) is 57.7 Å². The number of hydrogen-bond acceptors (Lipinski definition) is 3. The molecule has 0 saturated heterocycles. The van der Waals surface area contributed by atoms with Crippen molar-refractivity contribution in [3.8, 4) is 0 Å². The fourth-order valence-electron chi connectivity index (χ4n) is 3.12. The Morgan fingerprint density at radius 2 is 1.52 bits per heavy atom. The summed E-state index contributed by atoms with van der Waals surface area (Å²) in [5, 5.41) is 1.94. The number of rotatable bonds is 9. The third-order valence-corrected chi connectivity index (χ3v) is 5.30. The fraction of sp³-hybridized carbons (Fsp3) is 0.500. The molecular weight excluding hydrogens is 343 g/mol. The molecule has 132 valence electrons. The third kappa shape index (κ3) is 6.69. The fourth-order valence-corrected chi connectivity index (χ4v) is 3.68. The van der Waals surface area contributed by atoms with Crippen molar-refractivity contribution in [2.75, 3.05) is 0 Å². The van der Waals surface area contributed by atoms with Gasteiger partial charge >= 0.3 is 29.6 Å². The first-order chi connectivity index (χ1) is 11.5. The van der Waals surface area contributed by atoms with Crippen LogP contribution in [0.3, 0.4) is 0 Å². The zero-order valence-corrected chi connectivity index (χ0v) is 18.5. The van der Waals surface area contributed by atoms with Crippen molar-refractivity contribution >= 4 is 20.9 Å². The van der Waals surface area contributed by atoms with E-state index < -0.39 is 10.1 Å². The molecule has 2 aromatic rings. The van der Waals surface area contributed by atoms with Gasteiger partial charge in [0.15, 0.2) is 0 Å². The molecule has 3 nitrogen and oxygen atoms in total. The number of hydrogen-bond donors (Lipinski definition) is 0. The molecule has 0 aliphatic rings. The van der Waals surface area contributed by atoms with Crippen LogP contribution in [-0.2, 0) is 23.0 Å². The average molecular weight is 370 g/mol. The Kier molecular flexibility index (Phi) is 9.68. The summed E-state index contributed by atoms with van der Waals surface area (Å²) in [4.78, 5) is -0.104. The molecule has 0 atom stereocenters. The molecule has 0 fully saturated rings. The van der Waals surface area contributed by atoms with Crippen molar-refractivity contribution in [1.29, 1.82) is 0 Å². The van der Waals surface area contributed by atoms with Crippen LogP contribution < -0.4 is 29.6 Å². The standard InChI is InChI=1S/C20H28O3S.Na/c1-3-5-7-9-16-11-12-20-17(10-8-6-4-2)14-19(24(21,22)23)15-18(20)13-16;/h11-15H,3-10H2,1-2H3,(H,21,22,23);/q;+1/p-1. The second-order valence-corrected chi connectivity index (χ2v) is 7.89. The van der Waals surface area contributed by atoms with Crippen LogP contribution in [0.5, 0.6) is 0 Å². The number of fused-ring (bicyclic) bond motifs is 1. The van der Waals surface area contributed by atoms with Crippen molar-refractivity contribution in [1.82, 2.24) is 0 Å². The topological polar surface area (TPSA) is 57.2 Å². The van der Waals surface area contributed by atoms with Crippen LogP contribution >= 0.6 is 0 Å². The Labute approximate surface area is 174 Å². The molecule has 0 aromatic heterocycles. The summed E-state index contributed by atoms with van der Waals surface area (Å²) in [6, 6.07) is 9.36. The van der Waals surface area contributed by atoms with Crippen molar-refractivity contribution in [3.63, 3.8) is 0 Å². The largest absolute Gasteiger partial charge is 1.00 e. The minimum absolute atomic E-state index is 0. The summed E-state index contributed by atoms with van der Waals surface area (Å²) < 4.78 is 34.5. The maximum Gasteiger partial charge on any atom is 1.00 e. The van der Waals surface area contributed by atoms with Crippen LogP contribution in [0.4, 0.5) is 0 Å². The van der Waals surface area contributed by atoms with E-state index in [1.807, 2.05) is 6.07 Å². The summed E-state index contributed by atoms with van der Waals surface area (Å²) in [5.74, 6) is 0. The summed E-state index contributed by atoms with van der Waals surface area (Å²) in [5.41, 5.74) is 2.17. The van der Waals surface area contributed by atoms with Crippen LogP contribution in [0.2, 0.25) is 0 Å². The van der Waals surface area contributed by atoms with Gasteiger partial charge in [-0.05, 0) is 59.7 Å². The second-order valence-electron chi connectivity index (χ2n) is 6.51. The van der Waals surface area contributed by atoms with E-state index in [9.17, 15) is 13.0 Å². The normalized spacial score (nSPS) is 11.5. The Morgan fingerprint density at radius 1 is 0.880 bits per heavy atom. The molecule has 0 heterocycles. The van der Waals surface area contributed by atoms with Gasteiger partial charge in [0.2, 0.25) is 0 Å². The van der Waals surface area contributed by atoms with Gasteiger partial charge in [-0.25, -0.2) is 8.42 Å². The van der Waals surface area contributed by atoms with E-state index in [4.69, 9.17) is 0 Å². The SMILES string of the molecule is CCCCCc1ccc2c(CCCCC)cc(S(=O)(=O)[O-])cc2c1.[Na+]. The summed E-state index contributed by atoms with van der Waals surface area (Å²) >= 11 is 0. The van der Waals surface area contributed by atoms with Gasteiger partial charge in [-0.15, -0.1) is 0 Å². The molecule has 0 bridgehead atoms. The van der Waals surface area contributed by atoms with E-state index >= 15 is 0 Å². The maximum atomic E-state index is 11.5. The van der Waals surface area contributed by atoms with Crippen LogP contribution in [0.15, 0.2) is 35.2 Å². The Hall–Kier alpha value is -0.390. The maximum absolute atomic E-state index is 11.5. The summed E-state index contributed by atoms with van der Waals surface area (Å²) in [7, 11) is -4.43. The molecule has 0 spiro atoms. The first-order valence-corrected chi connectivity index (χ1v) is 10.4. The van der Waals surface area contributed by atoms with Gasteiger partial charge in [0, 0.05) is 0 Å². The third-order valence-electron chi connectivity index (χ3n) is 4.48. The second kappa shape index (κ2) is 10.7. The average Bonchev–Trinajstić information content (AvgIpc) is 2.54. The van der Waals surface area contributed by atoms with E-state index in [0.29, 0.717) is 0 Å². The minimum Gasteiger partial charge on any atom is -0.744 e. The molecule has 0 unspecified atom stereocenters. The zero-order valence-electron chi connectivity index (χ0n) is 15.7. The molecule has 0 aliphatic heterocycles. The Bertz CT molecular complexity index is 785. The Balaban J connectivity index is 0.00000312. The van der Waals surface area contributed by atoms with E-state index in [-0.39, 0.29) is 34.5 Å². The monoisotopic (exact) mass is 370 g/mol.